The molecule has 0 saturated heterocycles. The van der Waals surface area contributed by atoms with Crippen LogP contribution in [0.3, 0.4) is 0 Å². The van der Waals surface area contributed by atoms with Crippen LogP contribution in [0.1, 0.15) is 12.5 Å². The first-order chi connectivity index (χ1) is 7.95. The zero-order valence-corrected chi connectivity index (χ0v) is 11.7. The molecule has 0 radical (unpaired) electrons. The van der Waals surface area contributed by atoms with Crippen LogP contribution in [0.5, 0.6) is 0 Å². The number of hydrogen-bond donors (Lipinski definition) is 2. The topological polar surface area (TPSA) is 41.1 Å². The maximum Gasteiger partial charge on any atom is 0.228 e. The number of rotatable bonds is 4. The van der Waals surface area contributed by atoms with E-state index in [1.165, 1.54) is 6.07 Å². The number of carbonyl (C=O) groups is 1. The van der Waals surface area contributed by atoms with Gasteiger partial charge in [-0.2, -0.15) is 0 Å². The van der Waals surface area contributed by atoms with Gasteiger partial charge in [-0.25, -0.2) is 4.39 Å². The third-order valence-corrected chi connectivity index (χ3v) is 3.09. The molecule has 1 rings (SSSR count). The lowest BCUT2D eigenvalue weighted by Gasteiger charge is -2.13. The van der Waals surface area contributed by atoms with E-state index in [1.54, 1.807) is 13.1 Å². The molecule has 1 amide bonds. The van der Waals surface area contributed by atoms with Crippen LogP contribution < -0.4 is 10.6 Å². The standard InChI is InChI=1S/C12H16BrFN2O/c1-7-4-9(13)10(14)5-11(7)16-12(17)8(2)6-15-3/h4-5,8,15H,6H2,1-3H3,(H,16,17). The van der Waals surface area contributed by atoms with Crippen LogP contribution in [0.25, 0.3) is 0 Å². The highest BCUT2D eigenvalue weighted by atomic mass is 79.9. The molecule has 0 aliphatic heterocycles. The molecule has 0 saturated carbocycles. The van der Waals surface area contributed by atoms with E-state index in [2.05, 4.69) is 26.6 Å². The van der Waals surface area contributed by atoms with Gasteiger partial charge in [0.25, 0.3) is 0 Å². The number of nitrogens with one attached hydrogen (secondary N) is 2. The molecule has 3 nitrogen and oxygen atoms in total. The Morgan fingerprint density at radius 3 is 2.76 bits per heavy atom. The van der Waals surface area contributed by atoms with Crippen LogP contribution >= 0.6 is 15.9 Å². The lowest BCUT2D eigenvalue weighted by atomic mass is 10.1. The third kappa shape index (κ3) is 3.78. The Morgan fingerprint density at radius 2 is 2.18 bits per heavy atom. The second kappa shape index (κ2) is 6.12. The summed E-state index contributed by atoms with van der Waals surface area (Å²) in [5, 5.41) is 5.65. The highest BCUT2D eigenvalue weighted by molar-refractivity contribution is 9.10. The lowest BCUT2D eigenvalue weighted by molar-refractivity contribution is -0.119. The van der Waals surface area contributed by atoms with Crippen molar-refractivity contribution in [1.82, 2.24) is 5.32 Å². The van der Waals surface area contributed by atoms with Crippen molar-refractivity contribution in [1.29, 1.82) is 0 Å². The molecule has 0 fully saturated rings. The molecule has 2 N–H and O–H groups in total. The number of halogens is 2. The zero-order valence-electron chi connectivity index (χ0n) is 10.1. The smallest absolute Gasteiger partial charge is 0.228 e. The SMILES string of the molecule is CNCC(C)C(=O)Nc1cc(F)c(Br)cc1C. The summed E-state index contributed by atoms with van der Waals surface area (Å²) in [6.07, 6.45) is 0. The van der Waals surface area contributed by atoms with Crippen LogP contribution in [0.15, 0.2) is 16.6 Å². The van der Waals surface area contributed by atoms with E-state index in [-0.39, 0.29) is 17.6 Å². The Kier molecular flexibility index (Phi) is 5.08. The van der Waals surface area contributed by atoms with Crippen LogP contribution in [-0.2, 0) is 4.79 Å². The molecule has 0 aliphatic rings. The first-order valence-corrected chi connectivity index (χ1v) is 6.16. The van der Waals surface area contributed by atoms with Crippen LogP contribution in [0.2, 0.25) is 0 Å². The fourth-order valence-corrected chi connectivity index (χ4v) is 1.89. The second-order valence-corrected chi connectivity index (χ2v) is 4.88. The van der Waals surface area contributed by atoms with Crippen molar-refractivity contribution in [2.45, 2.75) is 13.8 Å². The molecule has 1 aromatic carbocycles. The molecule has 0 bridgehead atoms. The summed E-state index contributed by atoms with van der Waals surface area (Å²) in [6, 6.07) is 2.97. The van der Waals surface area contributed by atoms with Gasteiger partial charge in [0.1, 0.15) is 5.82 Å². The zero-order chi connectivity index (χ0) is 13.0. The maximum atomic E-state index is 13.3. The number of anilines is 1. The average molecular weight is 303 g/mol. The third-order valence-electron chi connectivity index (χ3n) is 2.48. The maximum absolute atomic E-state index is 13.3. The monoisotopic (exact) mass is 302 g/mol. The van der Waals surface area contributed by atoms with E-state index < -0.39 is 0 Å². The molecule has 94 valence electrons. The van der Waals surface area contributed by atoms with Gasteiger partial charge in [0.15, 0.2) is 0 Å². The number of aryl methyl sites for hydroxylation is 1. The Hall–Kier alpha value is -0.940. The molecule has 1 aromatic rings. The van der Waals surface area contributed by atoms with E-state index in [1.807, 2.05) is 13.8 Å². The van der Waals surface area contributed by atoms with E-state index in [0.717, 1.165) is 5.56 Å². The van der Waals surface area contributed by atoms with Crippen molar-refractivity contribution >= 4 is 27.5 Å². The molecule has 0 aliphatic carbocycles. The number of hydrogen-bond acceptors (Lipinski definition) is 2. The normalized spacial score (nSPS) is 12.3. The van der Waals surface area contributed by atoms with E-state index in [0.29, 0.717) is 16.7 Å². The van der Waals surface area contributed by atoms with Gasteiger partial charge in [-0.15, -0.1) is 0 Å². The first-order valence-electron chi connectivity index (χ1n) is 5.36. The molecule has 0 heterocycles. The average Bonchev–Trinajstić information content (AvgIpc) is 2.26. The van der Waals surface area contributed by atoms with Crippen molar-refractivity contribution in [2.24, 2.45) is 5.92 Å². The predicted octanol–water partition coefficient (Wildman–Crippen LogP) is 2.69. The number of carbonyl (C=O) groups excluding carboxylic acids is 1. The molecule has 5 heteroatoms. The van der Waals surface area contributed by atoms with Crippen LogP contribution in [-0.4, -0.2) is 19.5 Å². The van der Waals surface area contributed by atoms with Crippen molar-refractivity contribution < 1.29 is 9.18 Å². The minimum absolute atomic E-state index is 0.121. The minimum atomic E-state index is -0.382. The largest absolute Gasteiger partial charge is 0.325 e. The Labute approximate surface area is 109 Å². The second-order valence-electron chi connectivity index (χ2n) is 4.03. The van der Waals surface area contributed by atoms with Gasteiger partial charge < -0.3 is 10.6 Å². The quantitative estimate of drug-likeness (QED) is 0.898. The molecule has 1 atom stereocenters. The van der Waals surface area contributed by atoms with Gasteiger partial charge in [-0.1, -0.05) is 6.92 Å². The Morgan fingerprint density at radius 1 is 1.53 bits per heavy atom. The molecular weight excluding hydrogens is 287 g/mol. The Bertz CT molecular complexity index is 423. The van der Waals surface area contributed by atoms with Gasteiger partial charge >= 0.3 is 0 Å². The lowest BCUT2D eigenvalue weighted by Crippen LogP contribution is -2.28. The van der Waals surface area contributed by atoms with E-state index in [9.17, 15) is 9.18 Å². The summed E-state index contributed by atoms with van der Waals surface area (Å²) in [4.78, 5) is 11.8. The molecule has 17 heavy (non-hydrogen) atoms. The highest BCUT2D eigenvalue weighted by Gasteiger charge is 2.14. The van der Waals surface area contributed by atoms with Gasteiger partial charge in [-0.05, 0) is 47.6 Å². The van der Waals surface area contributed by atoms with Gasteiger partial charge in [-0.3, -0.25) is 4.79 Å². The van der Waals surface area contributed by atoms with Crippen molar-refractivity contribution in [3.8, 4) is 0 Å². The number of amides is 1. The van der Waals surface area contributed by atoms with E-state index >= 15 is 0 Å². The summed E-state index contributed by atoms with van der Waals surface area (Å²) in [5.74, 6) is -0.664. The Balaban J connectivity index is 2.81. The summed E-state index contributed by atoms with van der Waals surface area (Å²) in [6.45, 7) is 4.23. The summed E-state index contributed by atoms with van der Waals surface area (Å²) in [5.41, 5.74) is 1.34. The summed E-state index contributed by atoms with van der Waals surface area (Å²) in [7, 11) is 1.79. The minimum Gasteiger partial charge on any atom is -0.325 e. The van der Waals surface area contributed by atoms with Gasteiger partial charge in [0, 0.05) is 18.2 Å². The molecule has 1 unspecified atom stereocenters. The van der Waals surface area contributed by atoms with Crippen LogP contribution in [0.4, 0.5) is 10.1 Å². The first kappa shape index (κ1) is 14.1. The van der Waals surface area contributed by atoms with Crippen molar-refractivity contribution in [3.63, 3.8) is 0 Å². The van der Waals surface area contributed by atoms with E-state index in [4.69, 9.17) is 0 Å². The fraction of sp³-hybridized carbons (Fsp3) is 0.417. The predicted molar refractivity (Wildman–Crippen MR) is 70.6 cm³/mol. The van der Waals surface area contributed by atoms with Crippen LogP contribution in [0, 0.1) is 18.7 Å². The molecule has 0 spiro atoms. The summed E-state index contributed by atoms with van der Waals surface area (Å²) >= 11 is 3.10. The van der Waals surface area contributed by atoms with Gasteiger partial charge in [0.05, 0.1) is 4.47 Å². The van der Waals surface area contributed by atoms with Gasteiger partial charge in [0.2, 0.25) is 5.91 Å². The fourth-order valence-electron chi connectivity index (χ4n) is 1.44. The summed E-state index contributed by atoms with van der Waals surface area (Å²) < 4.78 is 13.7. The highest BCUT2D eigenvalue weighted by Crippen LogP contribution is 2.24. The number of benzene rings is 1. The van der Waals surface area contributed by atoms with Crippen molar-refractivity contribution in [3.05, 3.63) is 28.0 Å². The molecular formula is C12H16BrFN2O. The van der Waals surface area contributed by atoms with Crippen molar-refractivity contribution in [2.75, 3.05) is 18.9 Å². The molecule has 0 aromatic heterocycles.